The van der Waals surface area contributed by atoms with Crippen LogP contribution >= 0.6 is 0 Å². The number of pyridine rings is 1. The maximum Gasteiger partial charge on any atom is 0.255 e. The van der Waals surface area contributed by atoms with E-state index in [1.54, 1.807) is 6.07 Å². The molecule has 114 valence electrons. The summed E-state index contributed by atoms with van der Waals surface area (Å²) in [7, 11) is 0. The number of ether oxygens (including phenoxy) is 1. The highest BCUT2D eigenvalue weighted by Crippen LogP contribution is 2.25. The summed E-state index contributed by atoms with van der Waals surface area (Å²) in [6, 6.07) is 3.58. The van der Waals surface area contributed by atoms with Gasteiger partial charge in [-0.2, -0.15) is 0 Å². The summed E-state index contributed by atoms with van der Waals surface area (Å²) in [6.07, 6.45) is 2.50. The van der Waals surface area contributed by atoms with Crippen LogP contribution in [0.15, 0.2) is 23.1 Å². The first-order chi connectivity index (χ1) is 10.2. The Hall–Kier alpha value is -1.66. The van der Waals surface area contributed by atoms with Gasteiger partial charge in [-0.05, 0) is 19.4 Å². The molecule has 0 unspecified atom stereocenters. The van der Waals surface area contributed by atoms with Crippen molar-refractivity contribution in [1.29, 1.82) is 0 Å². The van der Waals surface area contributed by atoms with Crippen LogP contribution in [0.1, 0.15) is 23.7 Å². The molecule has 21 heavy (non-hydrogen) atoms. The molecule has 6 heteroatoms. The minimum Gasteiger partial charge on any atom is -0.379 e. The number of carbonyl (C=O) groups is 1. The zero-order valence-electron chi connectivity index (χ0n) is 12.2. The van der Waals surface area contributed by atoms with Crippen LogP contribution in [0.3, 0.4) is 0 Å². The average molecular weight is 291 g/mol. The molecule has 0 aromatic carbocycles. The minimum absolute atomic E-state index is 0.00508. The van der Waals surface area contributed by atoms with E-state index in [1.165, 1.54) is 12.3 Å². The molecule has 3 heterocycles. The predicted octanol–water partition coefficient (Wildman–Crippen LogP) is 0.310. The van der Waals surface area contributed by atoms with E-state index < -0.39 is 0 Å². The molecule has 2 saturated heterocycles. The first kappa shape index (κ1) is 14.3. The summed E-state index contributed by atoms with van der Waals surface area (Å²) in [6.45, 7) is 6.30. The number of aromatic nitrogens is 1. The molecule has 3 rings (SSSR count). The van der Waals surface area contributed by atoms with E-state index in [0.717, 1.165) is 39.3 Å². The molecule has 0 bridgehead atoms. The maximum absolute atomic E-state index is 12.6. The van der Waals surface area contributed by atoms with Crippen molar-refractivity contribution >= 4 is 5.91 Å². The number of nitrogens with zero attached hydrogens (tertiary/aromatic N) is 2. The third-order valence-corrected chi connectivity index (χ3v) is 4.52. The summed E-state index contributed by atoms with van der Waals surface area (Å²) >= 11 is 0. The number of hydrogen-bond acceptors (Lipinski definition) is 4. The monoisotopic (exact) mass is 291 g/mol. The lowest BCUT2D eigenvalue weighted by Crippen LogP contribution is -2.49. The van der Waals surface area contributed by atoms with Gasteiger partial charge in [0, 0.05) is 44.0 Å². The molecule has 0 aliphatic carbocycles. The predicted molar refractivity (Wildman–Crippen MR) is 78.4 cm³/mol. The number of H-pyrrole nitrogens is 1. The van der Waals surface area contributed by atoms with Crippen LogP contribution in [-0.2, 0) is 4.74 Å². The van der Waals surface area contributed by atoms with Crippen molar-refractivity contribution in [2.45, 2.75) is 25.4 Å². The highest BCUT2D eigenvalue weighted by Gasteiger charge is 2.37. The van der Waals surface area contributed by atoms with Crippen LogP contribution in [0, 0.1) is 0 Å². The van der Waals surface area contributed by atoms with Gasteiger partial charge in [0.1, 0.15) is 0 Å². The van der Waals surface area contributed by atoms with Gasteiger partial charge in [-0.3, -0.25) is 14.5 Å². The van der Waals surface area contributed by atoms with Crippen LogP contribution < -0.4 is 5.56 Å². The zero-order valence-corrected chi connectivity index (χ0v) is 12.2. The average Bonchev–Trinajstić information content (AvgIpc) is 2.90. The Bertz CT molecular complexity index is 545. The Labute approximate surface area is 123 Å². The molecule has 6 nitrogen and oxygen atoms in total. The van der Waals surface area contributed by atoms with E-state index in [1.807, 2.05) is 4.90 Å². The van der Waals surface area contributed by atoms with Crippen molar-refractivity contribution in [2.75, 3.05) is 32.8 Å². The van der Waals surface area contributed by atoms with Gasteiger partial charge in [-0.15, -0.1) is 0 Å². The second-order valence-electron chi connectivity index (χ2n) is 5.69. The minimum atomic E-state index is -0.188. The molecule has 2 atom stereocenters. The number of rotatable bonds is 2. The molecule has 1 amide bonds. The highest BCUT2D eigenvalue weighted by molar-refractivity contribution is 5.94. The molecule has 2 aliphatic heterocycles. The largest absolute Gasteiger partial charge is 0.379 e. The third-order valence-electron chi connectivity index (χ3n) is 4.52. The van der Waals surface area contributed by atoms with Gasteiger partial charge < -0.3 is 14.6 Å². The summed E-state index contributed by atoms with van der Waals surface area (Å²) in [5.74, 6) is -0.00508. The fourth-order valence-corrected chi connectivity index (χ4v) is 3.32. The van der Waals surface area contributed by atoms with Gasteiger partial charge in [-0.1, -0.05) is 0 Å². The lowest BCUT2D eigenvalue weighted by molar-refractivity contribution is 0.0104. The van der Waals surface area contributed by atoms with Gasteiger partial charge in [0.05, 0.1) is 18.8 Å². The molecule has 0 spiro atoms. The number of amides is 1. The van der Waals surface area contributed by atoms with Crippen molar-refractivity contribution < 1.29 is 9.53 Å². The molecule has 0 saturated carbocycles. The smallest absolute Gasteiger partial charge is 0.255 e. The van der Waals surface area contributed by atoms with Crippen molar-refractivity contribution in [2.24, 2.45) is 0 Å². The normalized spacial score (nSPS) is 27.0. The molecule has 2 fully saturated rings. The van der Waals surface area contributed by atoms with Gasteiger partial charge >= 0.3 is 0 Å². The van der Waals surface area contributed by atoms with Crippen LogP contribution in [0.2, 0.25) is 0 Å². The Morgan fingerprint density at radius 3 is 2.71 bits per heavy atom. The first-order valence-corrected chi connectivity index (χ1v) is 7.48. The Kier molecular flexibility index (Phi) is 4.07. The summed E-state index contributed by atoms with van der Waals surface area (Å²) < 4.78 is 5.39. The van der Waals surface area contributed by atoms with Crippen molar-refractivity contribution in [3.8, 4) is 0 Å². The maximum atomic E-state index is 12.6. The van der Waals surface area contributed by atoms with Crippen molar-refractivity contribution in [3.63, 3.8) is 0 Å². The van der Waals surface area contributed by atoms with E-state index in [0.29, 0.717) is 11.6 Å². The number of likely N-dealkylation sites (tertiary alicyclic amines) is 1. The van der Waals surface area contributed by atoms with Gasteiger partial charge in [0.2, 0.25) is 5.56 Å². The summed E-state index contributed by atoms with van der Waals surface area (Å²) in [5, 5.41) is 0. The van der Waals surface area contributed by atoms with E-state index >= 15 is 0 Å². The molecule has 0 radical (unpaired) electrons. The van der Waals surface area contributed by atoms with Crippen LogP contribution in [0.4, 0.5) is 0 Å². The van der Waals surface area contributed by atoms with Gasteiger partial charge in [-0.25, -0.2) is 0 Å². The fourth-order valence-electron chi connectivity index (χ4n) is 3.32. The number of morpholine rings is 1. The Morgan fingerprint density at radius 2 is 2.05 bits per heavy atom. The lowest BCUT2D eigenvalue weighted by Gasteiger charge is -2.35. The lowest BCUT2D eigenvalue weighted by atomic mass is 10.1. The number of aromatic amines is 1. The number of hydrogen-bond donors (Lipinski definition) is 1. The molecule has 1 aromatic heterocycles. The molecular formula is C15H21N3O3. The molecular weight excluding hydrogens is 270 g/mol. The van der Waals surface area contributed by atoms with Crippen LogP contribution in [-0.4, -0.2) is 65.6 Å². The van der Waals surface area contributed by atoms with E-state index in [2.05, 4.69) is 16.8 Å². The zero-order chi connectivity index (χ0) is 14.8. The second kappa shape index (κ2) is 5.99. The molecule has 1 aromatic rings. The SMILES string of the molecule is C[C@@H]1[C@H](N2CCOCC2)CCN1C(=O)c1ccc(=O)[nH]c1. The first-order valence-electron chi connectivity index (χ1n) is 7.48. The standard InChI is InChI=1S/C15H21N3O3/c1-11-13(17-6-8-21-9-7-17)4-5-18(11)15(20)12-2-3-14(19)16-10-12/h2-3,10-11,13H,4-9H2,1H3,(H,16,19)/t11-,13-/m1/s1. The number of nitrogens with one attached hydrogen (secondary N) is 1. The molecule has 1 N–H and O–H groups in total. The van der Waals surface area contributed by atoms with E-state index in [4.69, 9.17) is 4.74 Å². The summed E-state index contributed by atoms with van der Waals surface area (Å²) in [4.78, 5) is 30.5. The Morgan fingerprint density at radius 1 is 1.29 bits per heavy atom. The quantitative estimate of drug-likeness (QED) is 0.852. The topological polar surface area (TPSA) is 65.6 Å². The van der Waals surface area contributed by atoms with Crippen molar-refractivity contribution in [3.05, 3.63) is 34.2 Å². The van der Waals surface area contributed by atoms with Gasteiger partial charge in [0.15, 0.2) is 0 Å². The second-order valence-corrected chi connectivity index (χ2v) is 5.69. The van der Waals surface area contributed by atoms with E-state index in [-0.39, 0.29) is 17.5 Å². The van der Waals surface area contributed by atoms with Crippen molar-refractivity contribution in [1.82, 2.24) is 14.8 Å². The van der Waals surface area contributed by atoms with Crippen LogP contribution in [0.5, 0.6) is 0 Å². The molecule has 2 aliphatic rings. The third kappa shape index (κ3) is 2.87. The Balaban J connectivity index is 1.70. The highest BCUT2D eigenvalue weighted by atomic mass is 16.5. The fraction of sp³-hybridized carbons (Fsp3) is 0.600. The van der Waals surface area contributed by atoms with Crippen LogP contribution in [0.25, 0.3) is 0 Å². The van der Waals surface area contributed by atoms with E-state index in [9.17, 15) is 9.59 Å². The number of carbonyl (C=O) groups excluding carboxylic acids is 1. The van der Waals surface area contributed by atoms with Gasteiger partial charge in [0.25, 0.3) is 5.91 Å². The summed E-state index contributed by atoms with van der Waals surface area (Å²) in [5.41, 5.74) is 0.358.